The summed E-state index contributed by atoms with van der Waals surface area (Å²) in [5, 5.41) is 8.02. The van der Waals surface area contributed by atoms with Crippen LogP contribution < -0.4 is 4.90 Å². The third-order valence-corrected chi connectivity index (χ3v) is 6.99. The maximum atomic E-state index is 14.5. The van der Waals surface area contributed by atoms with E-state index in [1.54, 1.807) is 29.1 Å². The molecule has 188 valence electrons. The third-order valence-electron chi connectivity index (χ3n) is 6.99. The van der Waals surface area contributed by atoms with Gasteiger partial charge in [0, 0.05) is 50.5 Å². The molecule has 2 aromatic carbocycles. The second-order valence-corrected chi connectivity index (χ2v) is 9.15. The number of hydrogen-bond acceptors (Lipinski definition) is 7. The predicted molar refractivity (Wildman–Crippen MR) is 131 cm³/mol. The van der Waals surface area contributed by atoms with Crippen molar-refractivity contribution in [3.63, 3.8) is 0 Å². The van der Waals surface area contributed by atoms with Crippen LogP contribution in [0.2, 0.25) is 0 Å². The van der Waals surface area contributed by atoms with Gasteiger partial charge in [-0.25, -0.2) is 13.9 Å². The molecule has 2 atom stereocenters. The second-order valence-electron chi connectivity index (χ2n) is 9.15. The zero-order valence-corrected chi connectivity index (χ0v) is 20.2. The van der Waals surface area contributed by atoms with Crippen LogP contribution in [0.15, 0.2) is 60.8 Å². The summed E-state index contributed by atoms with van der Waals surface area (Å²) >= 11 is 0. The molecule has 5 rings (SSSR count). The Bertz CT molecular complexity index is 1210. The number of piperazine rings is 1. The fourth-order valence-corrected chi connectivity index (χ4v) is 5.04. The highest BCUT2D eigenvalue weighted by atomic mass is 19.1. The minimum Gasteiger partial charge on any atom is -0.464 e. The average molecular weight is 493 g/mol. The topological polar surface area (TPSA) is 83.8 Å². The summed E-state index contributed by atoms with van der Waals surface area (Å²) in [7, 11) is 1.29. The summed E-state index contributed by atoms with van der Waals surface area (Å²) in [5.74, 6) is -0.821. The Balaban J connectivity index is 1.32. The Morgan fingerprint density at radius 3 is 2.47 bits per heavy atom. The van der Waals surface area contributed by atoms with Crippen molar-refractivity contribution in [3.8, 4) is 0 Å². The van der Waals surface area contributed by atoms with Gasteiger partial charge in [0.2, 0.25) is 5.91 Å². The van der Waals surface area contributed by atoms with Gasteiger partial charge in [-0.1, -0.05) is 41.6 Å². The molecule has 9 nitrogen and oxygen atoms in total. The number of amides is 1. The molecule has 0 N–H and O–H groups in total. The molecule has 2 aliphatic heterocycles. The van der Waals surface area contributed by atoms with E-state index in [0.29, 0.717) is 38.2 Å². The number of ether oxygens (including phenoxy) is 1. The third kappa shape index (κ3) is 4.94. The smallest absolute Gasteiger partial charge is 0.360 e. The van der Waals surface area contributed by atoms with Crippen LogP contribution in [0.1, 0.15) is 28.5 Å². The van der Waals surface area contributed by atoms with E-state index in [2.05, 4.69) is 27.3 Å². The van der Waals surface area contributed by atoms with Crippen molar-refractivity contribution in [1.82, 2.24) is 24.8 Å². The number of benzene rings is 2. The van der Waals surface area contributed by atoms with Gasteiger partial charge in [-0.05, 0) is 24.6 Å². The predicted octanol–water partition coefficient (Wildman–Crippen LogP) is 2.37. The van der Waals surface area contributed by atoms with Crippen molar-refractivity contribution in [1.29, 1.82) is 0 Å². The maximum Gasteiger partial charge on any atom is 0.360 e. The van der Waals surface area contributed by atoms with Gasteiger partial charge in [0.1, 0.15) is 5.82 Å². The van der Waals surface area contributed by atoms with Crippen molar-refractivity contribution in [2.24, 2.45) is 0 Å². The van der Waals surface area contributed by atoms with E-state index in [1.807, 2.05) is 28.0 Å². The Hall–Kier alpha value is -3.79. The highest BCUT2D eigenvalue weighted by molar-refractivity contribution is 5.86. The van der Waals surface area contributed by atoms with E-state index in [4.69, 9.17) is 4.74 Å². The van der Waals surface area contributed by atoms with Crippen molar-refractivity contribution < 1.29 is 18.7 Å². The highest BCUT2D eigenvalue weighted by Crippen LogP contribution is 2.31. The van der Waals surface area contributed by atoms with Crippen molar-refractivity contribution in [3.05, 3.63) is 77.9 Å². The zero-order chi connectivity index (χ0) is 25.1. The van der Waals surface area contributed by atoms with E-state index >= 15 is 0 Å². The molecule has 3 heterocycles. The highest BCUT2D eigenvalue weighted by Gasteiger charge is 2.41. The average Bonchev–Trinajstić information content (AvgIpc) is 3.58. The normalized spacial score (nSPS) is 20.5. The van der Waals surface area contributed by atoms with Gasteiger partial charge in [0.15, 0.2) is 5.69 Å². The number of anilines is 1. The summed E-state index contributed by atoms with van der Waals surface area (Å²) in [6.45, 7) is 3.55. The number of carbonyl (C=O) groups is 2. The van der Waals surface area contributed by atoms with Crippen LogP contribution in [0, 0.1) is 5.82 Å². The minimum atomic E-state index is -0.564. The molecule has 0 unspecified atom stereocenters. The van der Waals surface area contributed by atoms with Gasteiger partial charge in [-0.3, -0.25) is 9.69 Å². The summed E-state index contributed by atoms with van der Waals surface area (Å²) in [6, 6.07) is 16.2. The van der Waals surface area contributed by atoms with Crippen LogP contribution in [-0.2, 0) is 16.1 Å². The first-order chi connectivity index (χ1) is 17.5. The number of hydrogen-bond donors (Lipinski definition) is 0. The van der Waals surface area contributed by atoms with Crippen LogP contribution in [0.4, 0.5) is 10.1 Å². The Morgan fingerprint density at radius 2 is 1.75 bits per heavy atom. The number of esters is 1. The summed E-state index contributed by atoms with van der Waals surface area (Å²) < 4.78 is 20.8. The molecule has 2 fully saturated rings. The number of aromatic nitrogens is 3. The summed E-state index contributed by atoms with van der Waals surface area (Å²) in [4.78, 5) is 31.7. The fourth-order valence-electron chi connectivity index (χ4n) is 5.04. The fraction of sp³-hybridized carbons (Fsp3) is 0.385. The molecule has 0 spiro atoms. The number of likely N-dealkylation sites (tertiary alicyclic amines) is 1. The van der Waals surface area contributed by atoms with Crippen molar-refractivity contribution in [2.75, 3.05) is 44.7 Å². The standard InChI is InChI=1S/C26H29FN6O3/c1-36-26(35)23-18-33(29-28-23)21-15-24(32(17-21)16-19-7-5-6-10-22(19)27)25(34)31-13-11-30(12-14-31)20-8-3-2-4-9-20/h2-10,18,21,24H,11-17H2,1H3/t21-,24+/m1/s1. The van der Waals surface area contributed by atoms with E-state index in [-0.39, 0.29) is 23.5 Å². The number of nitrogens with zero attached hydrogens (tertiary/aromatic N) is 6. The first-order valence-corrected chi connectivity index (χ1v) is 12.1. The molecule has 1 amide bonds. The largest absolute Gasteiger partial charge is 0.464 e. The number of rotatable bonds is 6. The van der Waals surface area contributed by atoms with Crippen molar-refractivity contribution >= 4 is 17.6 Å². The monoisotopic (exact) mass is 492 g/mol. The molecule has 1 aromatic heterocycles. The molecule has 0 aliphatic carbocycles. The molecular weight excluding hydrogens is 463 g/mol. The maximum absolute atomic E-state index is 14.5. The molecular formula is C26H29FN6O3. The molecule has 0 radical (unpaired) electrons. The summed E-state index contributed by atoms with van der Waals surface area (Å²) in [5.41, 5.74) is 1.81. The van der Waals surface area contributed by atoms with Gasteiger partial charge in [-0.15, -0.1) is 5.10 Å². The molecule has 0 bridgehead atoms. The quantitative estimate of drug-likeness (QED) is 0.489. The molecule has 10 heteroatoms. The van der Waals surface area contributed by atoms with Crippen LogP contribution in [0.5, 0.6) is 0 Å². The lowest BCUT2D eigenvalue weighted by molar-refractivity contribution is -0.136. The number of methoxy groups -OCH3 is 1. The van der Waals surface area contributed by atoms with Crippen LogP contribution >= 0.6 is 0 Å². The molecule has 2 saturated heterocycles. The van der Waals surface area contributed by atoms with Crippen LogP contribution in [-0.4, -0.2) is 82.5 Å². The molecule has 0 saturated carbocycles. The van der Waals surface area contributed by atoms with E-state index in [9.17, 15) is 14.0 Å². The summed E-state index contributed by atoms with van der Waals surface area (Å²) in [6.07, 6.45) is 2.04. The van der Waals surface area contributed by atoms with Crippen LogP contribution in [0.25, 0.3) is 0 Å². The lowest BCUT2D eigenvalue weighted by Crippen LogP contribution is -2.53. The van der Waals surface area contributed by atoms with E-state index in [0.717, 1.165) is 18.8 Å². The number of carbonyl (C=O) groups excluding carboxylic acids is 2. The Morgan fingerprint density at radius 1 is 1.03 bits per heavy atom. The first-order valence-electron chi connectivity index (χ1n) is 12.1. The van der Waals surface area contributed by atoms with E-state index < -0.39 is 12.0 Å². The SMILES string of the molecule is COC(=O)c1cn([C@@H]2C[C@@H](C(=O)N3CCN(c4ccccc4)CC3)N(Cc3ccccc3F)C2)nn1. The van der Waals surface area contributed by atoms with Gasteiger partial charge in [0.25, 0.3) is 0 Å². The van der Waals surface area contributed by atoms with Crippen molar-refractivity contribution in [2.45, 2.75) is 25.0 Å². The van der Waals surface area contributed by atoms with Gasteiger partial charge in [0.05, 0.1) is 25.4 Å². The van der Waals surface area contributed by atoms with Crippen LogP contribution in [0.3, 0.4) is 0 Å². The van der Waals surface area contributed by atoms with Gasteiger partial charge < -0.3 is 14.5 Å². The lowest BCUT2D eigenvalue weighted by atomic mass is 10.1. The lowest BCUT2D eigenvalue weighted by Gasteiger charge is -2.38. The Labute approximate surface area is 209 Å². The molecule has 36 heavy (non-hydrogen) atoms. The minimum absolute atomic E-state index is 0.0369. The molecule has 2 aliphatic rings. The number of para-hydroxylation sites is 1. The Kier molecular flexibility index (Phi) is 6.95. The van der Waals surface area contributed by atoms with Gasteiger partial charge >= 0.3 is 5.97 Å². The van der Waals surface area contributed by atoms with Gasteiger partial charge in [-0.2, -0.15) is 0 Å². The number of halogens is 1. The first kappa shape index (κ1) is 23.9. The zero-order valence-electron chi connectivity index (χ0n) is 20.2. The molecule has 3 aromatic rings. The second kappa shape index (κ2) is 10.4. The van der Waals surface area contributed by atoms with E-state index in [1.165, 1.54) is 13.2 Å².